The van der Waals surface area contributed by atoms with E-state index in [-0.39, 0.29) is 13.0 Å². The average molecular weight is 295 g/mol. The van der Waals surface area contributed by atoms with Crippen molar-refractivity contribution in [2.75, 3.05) is 0 Å². The maximum absolute atomic E-state index is 12.9. The molecule has 2 aromatic rings. The van der Waals surface area contributed by atoms with Gasteiger partial charge in [0.15, 0.2) is 0 Å². The summed E-state index contributed by atoms with van der Waals surface area (Å²) in [5.41, 5.74) is 1.32. The zero-order valence-corrected chi connectivity index (χ0v) is 11.2. The number of hydrogen-bond acceptors (Lipinski definition) is 2. The Balaban J connectivity index is 2.05. The Bertz CT molecular complexity index is 628. The SMILES string of the molecule is O=C(O)Cc1cccc(OCc2ccc(F)cc2Cl)c1. The molecule has 0 saturated carbocycles. The standard InChI is InChI=1S/C15H12ClFO3/c16-14-8-12(17)5-4-11(14)9-20-13-3-1-2-10(6-13)7-15(18)19/h1-6,8H,7,9H2,(H,18,19). The molecule has 0 atom stereocenters. The molecule has 0 aliphatic carbocycles. The van der Waals surface area contributed by atoms with E-state index in [9.17, 15) is 9.18 Å². The van der Waals surface area contributed by atoms with Crippen LogP contribution in [0.15, 0.2) is 42.5 Å². The van der Waals surface area contributed by atoms with Crippen LogP contribution >= 0.6 is 11.6 Å². The van der Waals surface area contributed by atoms with Crippen molar-refractivity contribution in [3.05, 3.63) is 64.4 Å². The lowest BCUT2D eigenvalue weighted by Crippen LogP contribution is -2.01. The molecular formula is C15H12ClFO3. The third-order valence-corrected chi connectivity index (χ3v) is 3.02. The summed E-state index contributed by atoms with van der Waals surface area (Å²) in [7, 11) is 0. The molecule has 0 radical (unpaired) electrons. The molecule has 1 N–H and O–H groups in total. The highest BCUT2D eigenvalue weighted by molar-refractivity contribution is 6.31. The Labute approximate surface area is 120 Å². The van der Waals surface area contributed by atoms with Gasteiger partial charge in [-0.15, -0.1) is 0 Å². The summed E-state index contributed by atoms with van der Waals surface area (Å²) >= 11 is 5.90. The van der Waals surface area contributed by atoms with Gasteiger partial charge in [0.25, 0.3) is 0 Å². The highest BCUT2D eigenvalue weighted by atomic mass is 35.5. The third-order valence-electron chi connectivity index (χ3n) is 2.66. The lowest BCUT2D eigenvalue weighted by molar-refractivity contribution is -0.136. The molecule has 0 aromatic heterocycles. The van der Waals surface area contributed by atoms with Gasteiger partial charge in [-0.05, 0) is 29.8 Å². The van der Waals surface area contributed by atoms with Crippen molar-refractivity contribution in [2.45, 2.75) is 13.0 Å². The molecule has 0 spiro atoms. The van der Waals surface area contributed by atoms with Crippen molar-refractivity contribution in [1.82, 2.24) is 0 Å². The van der Waals surface area contributed by atoms with Gasteiger partial charge in [0.1, 0.15) is 18.2 Å². The van der Waals surface area contributed by atoms with Crippen molar-refractivity contribution in [3.8, 4) is 5.75 Å². The summed E-state index contributed by atoms with van der Waals surface area (Å²) in [6.07, 6.45) is -0.0610. The molecule has 0 heterocycles. The van der Waals surface area contributed by atoms with E-state index in [1.165, 1.54) is 12.1 Å². The van der Waals surface area contributed by atoms with Gasteiger partial charge in [-0.25, -0.2) is 4.39 Å². The molecule has 0 saturated heterocycles. The number of benzene rings is 2. The van der Waals surface area contributed by atoms with E-state index in [1.54, 1.807) is 30.3 Å². The van der Waals surface area contributed by atoms with Crippen LogP contribution in [0.4, 0.5) is 4.39 Å². The lowest BCUT2D eigenvalue weighted by Gasteiger charge is -2.09. The minimum Gasteiger partial charge on any atom is -0.489 e. The molecule has 20 heavy (non-hydrogen) atoms. The summed E-state index contributed by atoms with van der Waals surface area (Å²) in [5.74, 6) is -0.755. The number of rotatable bonds is 5. The highest BCUT2D eigenvalue weighted by Crippen LogP contribution is 2.20. The summed E-state index contributed by atoms with van der Waals surface area (Å²) < 4.78 is 18.4. The van der Waals surface area contributed by atoms with Gasteiger partial charge in [-0.1, -0.05) is 29.8 Å². The van der Waals surface area contributed by atoms with E-state index in [2.05, 4.69) is 0 Å². The van der Waals surface area contributed by atoms with Crippen LogP contribution in [-0.2, 0) is 17.8 Å². The molecule has 0 unspecified atom stereocenters. The topological polar surface area (TPSA) is 46.5 Å². The van der Waals surface area contributed by atoms with Crippen LogP contribution < -0.4 is 4.74 Å². The maximum atomic E-state index is 12.9. The van der Waals surface area contributed by atoms with Gasteiger partial charge >= 0.3 is 5.97 Å². The van der Waals surface area contributed by atoms with Crippen LogP contribution in [0.5, 0.6) is 5.75 Å². The number of halogens is 2. The van der Waals surface area contributed by atoms with E-state index in [1.807, 2.05) is 0 Å². The Morgan fingerprint density at radius 1 is 1.25 bits per heavy atom. The summed E-state index contributed by atoms with van der Waals surface area (Å²) in [6.45, 7) is 0.190. The molecule has 5 heteroatoms. The van der Waals surface area contributed by atoms with Crippen LogP contribution in [0, 0.1) is 5.82 Å². The monoisotopic (exact) mass is 294 g/mol. The Morgan fingerprint density at radius 3 is 2.75 bits per heavy atom. The molecule has 2 rings (SSSR count). The number of aliphatic carboxylic acids is 1. The number of carboxylic acids is 1. The first-order valence-corrected chi connectivity index (χ1v) is 6.30. The normalized spacial score (nSPS) is 10.3. The van der Waals surface area contributed by atoms with Crippen molar-refractivity contribution >= 4 is 17.6 Å². The quantitative estimate of drug-likeness (QED) is 0.915. The largest absolute Gasteiger partial charge is 0.489 e. The lowest BCUT2D eigenvalue weighted by atomic mass is 10.1. The second-order valence-electron chi connectivity index (χ2n) is 4.24. The van der Waals surface area contributed by atoms with Crippen molar-refractivity contribution < 1.29 is 19.0 Å². The van der Waals surface area contributed by atoms with E-state index in [4.69, 9.17) is 21.4 Å². The predicted octanol–water partition coefficient (Wildman–Crippen LogP) is 3.69. The maximum Gasteiger partial charge on any atom is 0.307 e. The van der Waals surface area contributed by atoms with Crippen LogP contribution in [0.25, 0.3) is 0 Å². The zero-order chi connectivity index (χ0) is 14.5. The molecule has 0 bridgehead atoms. The third kappa shape index (κ3) is 3.96. The molecular weight excluding hydrogens is 283 g/mol. The second kappa shape index (κ2) is 6.39. The van der Waals surface area contributed by atoms with Crippen molar-refractivity contribution in [2.24, 2.45) is 0 Å². The van der Waals surface area contributed by atoms with Gasteiger partial charge in [0.05, 0.1) is 11.4 Å². The van der Waals surface area contributed by atoms with Gasteiger partial charge in [0, 0.05) is 5.56 Å². The number of hydrogen-bond donors (Lipinski definition) is 1. The van der Waals surface area contributed by atoms with Gasteiger partial charge in [-0.3, -0.25) is 4.79 Å². The van der Waals surface area contributed by atoms with Gasteiger partial charge < -0.3 is 9.84 Å². The first-order valence-electron chi connectivity index (χ1n) is 5.92. The first kappa shape index (κ1) is 14.3. The fourth-order valence-electron chi connectivity index (χ4n) is 1.72. The second-order valence-corrected chi connectivity index (χ2v) is 4.65. The Kier molecular flexibility index (Phi) is 4.58. The molecule has 0 aliphatic rings. The molecule has 3 nitrogen and oxygen atoms in total. The minimum absolute atomic E-state index is 0.0610. The predicted molar refractivity (Wildman–Crippen MR) is 73.5 cm³/mol. The number of carbonyl (C=O) groups is 1. The summed E-state index contributed by atoms with van der Waals surface area (Å²) in [6, 6.07) is 10.9. The number of ether oxygens (including phenoxy) is 1. The fourth-order valence-corrected chi connectivity index (χ4v) is 1.94. The molecule has 0 amide bonds. The average Bonchev–Trinajstić information content (AvgIpc) is 2.37. The molecule has 2 aromatic carbocycles. The van der Waals surface area contributed by atoms with Gasteiger partial charge in [-0.2, -0.15) is 0 Å². The highest BCUT2D eigenvalue weighted by Gasteiger charge is 2.05. The molecule has 0 aliphatic heterocycles. The molecule has 104 valence electrons. The molecule has 0 fully saturated rings. The summed E-state index contributed by atoms with van der Waals surface area (Å²) in [4.78, 5) is 10.6. The van der Waals surface area contributed by atoms with Crippen LogP contribution in [-0.4, -0.2) is 11.1 Å². The van der Waals surface area contributed by atoms with Gasteiger partial charge in [0.2, 0.25) is 0 Å². The van der Waals surface area contributed by atoms with E-state index in [0.717, 1.165) is 0 Å². The summed E-state index contributed by atoms with van der Waals surface area (Å²) in [5, 5.41) is 9.03. The van der Waals surface area contributed by atoms with Crippen LogP contribution in [0.3, 0.4) is 0 Å². The first-order chi connectivity index (χ1) is 9.54. The van der Waals surface area contributed by atoms with Crippen molar-refractivity contribution in [3.63, 3.8) is 0 Å². The minimum atomic E-state index is -0.899. The fraction of sp³-hybridized carbons (Fsp3) is 0.133. The van der Waals surface area contributed by atoms with Crippen LogP contribution in [0.1, 0.15) is 11.1 Å². The smallest absolute Gasteiger partial charge is 0.307 e. The Morgan fingerprint density at radius 2 is 2.05 bits per heavy atom. The van der Waals surface area contributed by atoms with Crippen molar-refractivity contribution in [1.29, 1.82) is 0 Å². The Hall–Kier alpha value is -2.07. The van der Waals surface area contributed by atoms with Crippen LogP contribution in [0.2, 0.25) is 5.02 Å². The zero-order valence-electron chi connectivity index (χ0n) is 10.5. The number of carboxylic acid groups (broad SMARTS) is 1. The van der Waals surface area contributed by atoms with E-state index in [0.29, 0.717) is 21.9 Å². The van der Waals surface area contributed by atoms with E-state index >= 15 is 0 Å². The van der Waals surface area contributed by atoms with E-state index < -0.39 is 11.8 Å².